The summed E-state index contributed by atoms with van der Waals surface area (Å²) in [6, 6.07) is 12.1. The van der Waals surface area contributed by atoms with Crippen LogP contribution in [0.15, 0.2) is 66.5 Å². The number of aliphatic hydroxyl groups excluding tert-OH is 1. The number of para-hydroxylation sites is 1. The highest BCUT2D eigenvalue weighted by Gasteiger charge is 2.40. The number of hydrogen-bond acceptors (Lipinski definition) is 7. The van der Waals surface area contributed by atoms with Crippen molar-refractivity contribution < 1.29 is 41.3 Å². The summed E-state index contributed by atoms with van der Waals surface area (Å²) in [4.78, 5) is 16.6. The summed E-state index contributed by atoms with van der Waals surface area (Å²) in [5, 5.41) is 16.1. The number of ether oxygens (including phenoxy) is 2. The van der Waals surface area contributed by atoms with Gasteiger partial charge in [0.1, 0.15) is 28.8 Å². The number of rotatable bonds is 6. The lowest BCUT2D eigenvalue weighted by molar-refractivity contribution is -0.274. The van der Waals surface area contributed by atoms with Crippen molar-refractivity contribution in [3.8, 4) is 11.5 Å². The maximum atomic E-state index is 15.1. The molecule has 8 nitrogen and oxygen atoms in total. The van der Waals surface area contributed by atoms with Crippen molar-refractivity contribution in [3.05, 3.63) is 89.4 Å². The van der Waals surface area contributed by atoms with Crippen LogP contribution in [0.5, 0.6) is 11.5 Å². The predicted octanol–water partition coefficient (Wildman–Crippen LogP) is 4.05. The standard InChI is InChI=1S/C24H19F5N4O4/c1-32-21(19-16(25)10-15(36-2)11-17(19)26)20(23(35)33(32)13-6-4-3-5-7-13)31-22(34)18-9-8-14(12-30-18)37-24(27,28)29/h3-12,23,35H,1-2H3,(H,31,34). The van der Waals surface area contributed by atoms with E-state index in [1.165, 1.54) is 24.2 Å². The Morgan fingerprint density at radius 1 is 1.05 bits per heavy atom. The number of nitrogens with zero attached hydrogens (tertiary/aromatic N) is 3. The van der Waals surface area contributed by atoms with Gasteiger partial charge in [0.25, 0.3) is 5.91 Å². The number of aromatic nitrogens is 1. The normalized spacial score (nSPS) is 15.7. The third-order valence-electron chi connectivity index (χ3n) is 5.35. The Morgan fingerprint density at radius 2 is 1.70 bits per heavy atom. The van der Waals surface area contributed by atoms with E-state index in [2.05, 4.69) is 15.0 Å². The lowest BCUT2D eigenvalue weighted by Gasteiger charge is -2.32. The van der Waals surface area contributed by atoms with Crippen LogP contribution in [0, 0.1) is 11.6 Å². The molecule has 1 atom stereocenters. The second-order valence-corrected chi connectivity index (χ2v) is 7.69. The van der Waals surface area contributed by atoms with E-state index < -0.39 is 41.4 Å². The first-order valence-electron chi connectivity index (χ1n) is 10.6. The van der Waals surface area contributed by atoms with Crippen molar-refractivity contribution in [1.82, 2.24) is 15.3 Å². The van der Waals surface area contributed by atoms with Gasteiger partial charge in [0, 0.05) is 19.2 Å². The molecule has 2 heterocycles. The number of halogens is 5. The molecule has 0 spiro atoms. The number of amides is 1. The summed E-state index contributed by atoms with van der Waals surface area (Å²) in [7, 11) is 2.66. The van der Waals surface area contributed by atoms with E-state index in [0.717, 1.165) is 24.3 Å². The smallest absolute Gasteiger partial charge is 0.497 e. The number of pyridine rings is 1. The maximum absolute atomic E-state index is 15.1. The Hall–Kier alpha value is -4.39. The molecule has 0 bridgehead atoms. The van der Waals surface area contributed by atoms with E-state index in [4.69, 9.17) is 4.74 Å². The number of alkyl halides is 3. The fourth-order valence-electron chi connectivity index (χ4n) is 3.79. The van der Waals surface area contributed by atoms with Gasteiger partial charge >= 0.3 is 6.36 Å². The van der Waals surface area contributed by atoms with Crippen LogP contribution in [0.3, 0.4) is 0 Å². The molecule has 0 radical (unpaired) electrons. The number of aliphatic hydroxyl groups is 1. The Kier molecular flexibility index (Phi) is 6.90. The fraction of sp³-hybridized carbons (Fsp3) is 0.167. The van der Waals surface area contributed by atoms with Crippen LogP contribution in [0.25, 0.3) is 5.70 Å². The quantitative estimate of drug-likeness (QED) is 0.473. The van der Waals surface area contributed by atoms with Gasteiger partial charge in [0.15, 0.2) is 6.23 Å². The van der Waals surface area contributed by atoms with E-state index in [-0.39, 0.29) is 22.8 Å². The van der Waals surface area contributed by atoms with Crippen molar-refractivity contribution in [1.29, 1.82) is 0 Å². The highest BCUT2D eigenvalue weighted by molar-refractivity contribution is 5.95. The van der Waals surface area contributed by atoms with Crippen LogP contribution < -0.4 is 19.8 Å². The SMILES string of the molecule is COc1cc(F)c(C2=C(NC(=O)c3ccc(OC(F)(F)F)cn3)C(O)N(c3ccccc3)N2C)c(F)c1. The number of carbonyl (C=O) groups excluding carboxylic acids is 1. The van der Waals surface area contributed by atoms with Gasteiger partial charge in [-0.05, 0) is 24.3 Å². The van der Waals surface area contributed by atoms with E-state index >= 15 is 8.78 Å². The third kappa shape index (κ3) is 5.26. The zero-order valence-corrected chi connectivity index (χ0v) is 19.3. The van der Waals surface area contributed by atoms with Gasteiger partial charge in [-0.15, -0.1) is 13.2 Å². The third-order valence-corrected chi connectivity index (χ3v) is 5.35. The number of carbonyl (C=O) groups is 1. The molecule has 3 aromatic rings. The molecule has 1 aliphatic rings. The first-order chi connectivity index (χ1) is 17.5. The van der Waals surface area contributed by atoms with Gasteiger partial charge in [-0.3, -0.25) is 14.8 Å². The van der Waals surface area contributed by atoms with Crippen molar-refractivity contribution in [2.45, 2.75) is 12.6 Å². The topological polar surface area (TPSA) is 87.2 Å². The number of methoxy groups -OCH3 is 1. The summed E-state index contributed by atoms with van der Waals surface area (Å²) in [5.41, 5.74) is -0.973. The van der Waals surface area contributed by atoms with Gasteiger partial charge in [-0.25, -0.2) is 13.8 Å². The van der Waals surface area contributed by atoms with Gasteiger partial charge in [-0.1, -0.05) is 18.2 Å². The Bertz CT molecular complexity index is 1310. The van der Waals surface area contributed by atoms with Gasteiger partial charge in [-0.2, -0.15) is 0 Å². The zero-order valence-electron chi connectivity index (χ0n) is 19.3. The molecule has 2 aromatic carbocycles. The number of anilines is 1. The molecule has 1 unspecified atom stereocenters. The van der Waals surface area contributed by atoms with Crippen molar-refractivity contribution in [3.63, 3.8) is 0 Å². The van der Waals surface area contributed by atoms with Gasteiger partial charge < -0.3 is 19.9 Å². The van der Waals surface area contributed by atoms with Crippen LogP contribution in [-0.4, -0.2) is 47.8 Å². The first-order valence-corrected chi connectivity index (χ1v) is 10.6. The minimum Gasteiger partial charge on any atom is -0.497 e. The molecule has 0 saturated heterocycles. The summed E-state index contributed by atoms with van der Waals surface area (Å²) in [5.74, 6) is -3.75. The van der Waals surface area contributed by atoms with Crippen molar-refractivity contribution in [2.24, 2.45) is 0 Å². The molecule has 0 aliphatic carbocycles. The summed E-state index contributed by atoms with van der Waals surface area (Å²) in [6.45, 7) is 0. The molecule has 194 valence electrons. The second-order valence-electron chi connectivity index (χ2n) is 7.69. The average molecular weight is 522 g/mol. The number of hydrogen-bond donors (Lipinski definition) is 2. The van der Waals surface area contributed by atoms with E-state index in [1.54, 1.807) is 30.3 Å². The highest BCUT2D eigenvalue weighted by Crippen LogP contribution is 2.39. The average Bonchev–Trinajstić information content (AvgIpc) is 3.07. The molecule has 2 N–H and O–H groups in total. The molecule has 1 aromatic heterocycles. The molecule has 37 heavy (non-hydrogen) atoms. The van der Waals surface area contributed by atoms with Crippen molar-refractivity contribution >= 4 is 17.3 Å². The van der Waals surface area contributed by atoms with E-state index in [9.17, 15) is 23.1 Å². The fourth-order valence-corrected chi connectivity index (χ4v) is 3.79. The van der Waals surface area contributed by atoms with Gasteiger partial charge in [0.05, 0.1) is 36.0 Å². The number of hydrazine groups is 1. The van der Waals surface area contributed by atoms with Crippen LogP contribution in [0.4, 0.5) is 27.6 Å². The van der Waals surface area contributed by atoms with Crippen LogP contribution in [-0.2, 0) is 0 Å². The Labute approximate surface area is 207 Å². The largest absolute Gasteiger partial charge is 0.573 e. The number of nitrogens with one attached hydrogen (secondary N) is 1. The molecule has 1 amide bonds. The minimum absolute atomic E-state index is 0.0867. The summed E-state index contributed by atoms with van der Waals surface area (Å²) in [6.07, 6.45) is -5.87. The number of benzene rings is 2. The van der Waals surface area contributed by atoms with E-state index in [0.29, 0.717) is 11.9 Å². The maximum Gasteiger partial charge on any atom is 0.573 e. The molecule has 0 fully saturated rings. The molecule has 4 rings (SSSR count). The van der Waals surface area contributed by atoms with Crippen LogP contribution in [0.1, 0.15) is 16.1 Å². The Morgan fingerprint density at radius 3 is 2.24 bits per heavy atom. The predicted molar refractivity (Wildman–Crippen MR) is 121 cm³/mol. The first kappa shape index (κ1) is 25.7. The molecule has 13 heteroatoms. The minimum atomic E-state index is -4.95. The van der Waals surface area contributed by atoms with Crippen LogP contribution >= 0.6 is 0 Å². The lowest BCUT2D eigenvalue weighted by Crippen LogP contribution is -2.42. The summed E-state index contributed by atoms with van der Waals surface area (Å²) < 4.78 is 76.0. The Balaban J connectivity index is 1.75. The summed E-state index contributed by atoms with van der Waals surface area (Å²) >= 11 is 0. The zero-order chi connectivity index (χ0) is 26.9. The van der Waals surface area contributed by atoms with Crippen molar-refractivity contribution in [2.75, 3.05) is 19.2 Å². The monoisotopic (exact) mass is 522 g/mol. The van der Waals surface area contributed by atoms with Crippen LogP contribution in [0.2, 0.25) is 0 Å². The highest BCUT2D eigenvalue weighted by atomic mass is 19.4. The molecular weight excluding hydrogens is 503 g/mol. The lowest BCUT2D eigenvalue weighted by atomic mass is 10.1. The molecule has 1 aliphatic heterocycles. The van der Waals surface area contributed by atoms with Gasteiger partial charge in [0.2, 0.25) is 0 Å². The second kappa shape index (κ2) is 9.93. The van der Waals surface area contributed by atoms with E-state index in [1.807, 2.05) is 0 Å². The molecule has 0 saturated carbocycles. The molecular formula is C24H19F5N4O4.